The smallest absolute Gasteiger partial charge is 0.343 e. The lowest BCUT2D eigenvalue weighted by molar-refractivity contribution is -0.142. The zero-order valence-electron chi connectivity index (χ0n) is 16.0. The van der Waals surface area contributed by atoms with Crippen LogP contribution in [-0.4, -0.2) is 37.3 Å². The Bertz CT molecular complexity index is 1090. The lowest BCUT2D eigenvalue weighted by Crippen LogP contribution is -2.27. The van der Waals surface area contributed by atoms with Gasteiger partial charge in [0.1, 0.15) is 18.0 Å². The van der Waals surface area contributed by atoms with Gasteiger partial charge in [-0.05, 0) is 42.5 Å². The third-order valence-electron chi connectivity index (χ3n) is 4.24. The monoisotopic (exact) mass is 396 g/mol. The summed E-state index contributed by atoms with van der Waals surface area (Å²) in [6.45, 7) is -0.406. The van der Waals surface area contributed by atoms with Crippen LogP contribution in [0.25, 0.3) is 10.8 Å². The average molecular weight is 396 g/mol. The Balaban J connectivity index is 1.77. The van der Waals surface area contributed by atoms with E-state index in [0.717, 1.165) is 0 Å². The maximum Gasteiger partial charge on any atom is 0.343 e. The standard InChI is InChI=1S/C21H20N2O6/c1-27-15-8-6-14(7-9-15)22-19(24)12-23-11-10-16-17(21(23)26)4-3-5-18(16)29-13-20(25)28-2/h3-11H,12-13H2,1-2H3,(H,22,24). The minimum atomic E-state index is -0.523. The number of rotatable bonds is 7. The number of hydrogen-bond acceptors (Lipinski definition) is 6. The molecule has 8 nitrogen and oxygen atoms in total. The highest BCUT2D eigenvalue weighted by Crippen LogP contribution is 2.23. The van der Waals surface area contributed by atoms with Gasteiger partial charge in [-0.15, -0.1) is 0 Å². The molecule has 3 aromatic rings. The third kappa shape index (κ3) is 4.73. The number of esters is 1. The van der Waals surface area contributed by atoms with Gasteiger partial charge in [-0.2, -0.15) is 0 Å². The molecule has 3 rings (SSSR count). The predicted octanol–water partition coefficient (Wildman–Crippen LogP) is 2.20. The van der Waals surface area contributed by atoms with E-state index in [-0.39, 0.29) is 24.6 Å². The first-order valence-corrected chi connectivity index (χ1v) is 8.77. The first kappa shape index (κ1) is 19.9. The molecule has 29 heavy (non-hydrogen) atoms. The van der Waals surface area contributed by atoms with Crippen LogP contribution in [0.5, 0.6) is 11.5 Å². The summed E-state index contributed by atoms with van der Waals surface area (Å²) in [7, 11) is 2.83. The fourth-order valence-corrected chi connectivity index (χ4v) is 2.76. The van der Waals surface area contributed by atoms with Crippen molar-refractivity contribution in [2.75, 3.05) is 26.1 Å². The molecule has 1 aromatic heterocycles. The lowest BCUT2D eigenvalue weighted by atomic mass is 10.1. The van der Waals surface area contributed by atoms with E-state index < -0.39 is 5.97 Å². The van der Waals surface area contributed by atoms with Crippen molar-refractivity contribution in [3.05, 3.63) is 65.1 Å². The van der Waals surface area contributed by atoms with Crippen LogP contribution in [0.3, 0.4) is 0 Å². The van der Waals surface area contributed by atoms with Crippen molar-refractivity contribution < 1.29 is 23.8 Å². The van der Waals surface area contributed by atoms with Crippen LogP contribution < -0.4 is 20.3 Å². The van der Waals surface area contributed by atoms with Gasteiger partial charge < -0.3 is 24.1 Å². The molecule has 0 saturated heterocycles. The Kier molecular flexibility index (Phi) is 6.13. The van der Waals surface area contributed by atoms with Crippen molar-refractivity contribution in [2.45, 2.75) is 6.54 Å². The Morgan fingerprint density at radius 3 is 2.45 bits per heavy atom. The van der Waals surface area contributed by atoms with E-state index in [9.17, 15) is 14.4 Å². The number of ether oxygens (including phenoxy) is 3. The molecule has 2 aromatic carbocycles. The zero-order chi connectivity index (χ0) is 20.8. The molecule has 1 N–H and O–H groups in total. The van der Waals surface area contributed by atoms with E-state index >= 15 is 0 Å². The number of methoxy groups -OCH3 is 2. The van der Waals surface area contributed by atoms with Crippen LogP contribution in [-0.2, 0) is 20.9 Å². The maximum atomic E-state index is 12.8. The van der Waals surface area contributed by atoms with Crippen molar-refractivity contribution >= 4 is 28.3 Å². The van der Waals surface area contributed by atoms with Gasteiger partial charge in [-0.3, -0.25) is 9.59 Å². The van der Waals surface area contributed by atoms with Crippen molar-refractivity contribution in [2.24, 2.45) is 0 Å². The summed E-state index contributed by atoms with van der Waals surface area (Å²) >= 11 is 0. The fourth-order valence-electron chi connectivity index (χ4n) is 2.76. The van der Waals surface area contributed by atoms with E-state index in [1.54, 1.807) is 55.6 Å². The van der Waals surface area contributed by atoms with Gasteiger partial charge in [0.15, 0.2) is 6.61 Å². The number of nitrogens with one attached hydrogen (secondary N) is 1. The number of carbonyl (C=O) groups excluding carboxylic acids is 2. The number of anilines is 1. The molecule has 0 radical (unpaired) electrons. The normalized spacial score (nSPS) is 10.4. The molecule has 0 atom stereocenters. The second kappa shape index (κ2) is 8.92. The summed E-state index contributed by atoms with van der Waals surface area (Å²) in [6.07, 6.45) is 1.52. The SMILES string of the molecule is COC(=O)COc1cccc2c(=O)n(CC(=O)Nc3ccc(OC)cc3)ccc12. The van der Waals surface area contributed by atoms with Crippen molar-refractivity contribution in [3.8, 4) is 11.5 Å². The van der Waals surface area contributed by atoms with Crippen LogP contribution >= 0.6 is 0 Å². The van der Waals surface area contributed by atoms with Crippen molar-refractivity contribution in [1.82, 2.24) is 4.57 Å². The molecule has 0 unspecified atom stereocenters. The lowest BCUT2D eigenvalue weighted by Gasteiger charge is -2.11. The number of nitrogens with zero attached hydrogens (tertiary/aromatic N) is 1. The van der Waals surface area contributed by atoms with Crippen LogP contribution in [0.15, 0.2) is 59.5 Å². The minimum absolute atomic E-state index is 0.145. The zero-order valence-corrected chi connectivity index (χ0v) is 16.0. The molecule has 1 amide bonds. The fraction of sp³-hybridized carbons (Fsp3) is 0.190. The van der Waals surface area contributed by atoms with E-state index in [4.69, 9.17) is 9.47 Å². The minimum Gasteiger partial charge on any atom is -0.497 e. The molecule has 1 heterocycles. The highest BCUT2D eigenvalue weighted by Gasteiger charge is 2.11. The summed E-state index contributed by atoms with van der Waals surface area (Å²) < 4.78 is 16.4. The van der Waals surface area contributed by atoms with Crippen LogP contribution in [0.2, 0.25) is 0 Å². The molecule has 150 valence electrons. The summed E-state index contributed by atoms with van der Waals surface area (Å²) in [5.74, 6) is 0.207. The number of amides is 1. The molecule has 0 aliphatic heterocycles. The number of aromatic nitrogens is 1. The molecule has 0 bridgehead atoms. The van der Waals surface area contributed by atoms with E-state index in [2.05, 4.69) is 10.1 Å². The van der Waals surface area contributed by atoms with E-state index in [0.29, 0.717) is 28.0 Å². The maximum absolute atomic E-state index is 12.8. The molecule has 0 aliphatic rings. The molecule has 0 fully saturated rings. The molecule has 0 saturated carbocycles. The molecule has 0 aliphatic carbocycles. The Morgan fingerprint density at radius 1 is 1.00 bits per heavy atom. The molecule has 0 spiro atoms. The number of carbonyl (C=O) groups is 2. The van der Waals surface area contributed by atoms with Crippen LogP contribution in [0, 0.1) is 0 Å². The Hall–Kier alpha value is -3.81. The Labute approximate surface area is 166 Å². The van der Waals surface area contributed by atoms with Crippen LogP contribution in [0.1, 0.15) is 0 Å². The first-order valence-electron chi connectivity index (χ1n) is 8.77. The molecule has 8 heteroatoms. The average Bonchev–Trinajstić information content (AvgIpc) is 2.74. The van der Waals surface area contributed by atoms with Crippen molar-refractivity contribution in [1.29, 1.82) is 0 Å². The first-order chi connectivity index (χ1) is 14.0. The van der Waals surface area contributed by atoms with Gasteiger partial charge in [0.25, 0.3) is 5.56 Å². The third-order valence-corrected chi connectivity index (χ3v) is 4.24. The van der Waals surface area contributed by atoms with Gasteiger partial charge >= 0.3 is 5.97 Å². The highest BCUT2D eigenvalue weighted by atomic mass is 16.6. The second-order valence-corrected chi connectivity index (χ2v) is 6.11. The number of fused-ring (bicyclic) bond motifs is 1. The number of hydrogen-bond donors (Lipinski definition) is 1. The summed E-state index contributed by atoms with van der Waals surface area (Å²) in [5, 5.41) is 3.67. The van der Waals surface area contributed by atoms with Gasteiger partial charge in [0, 0.05) is 17.3 Å². The summed E-state index contributed by atoms with van der Waals surface area (Å²) in [6, 6.07) is 13.5. The topological polar surface area (TPSA) is 95.9 Å². The van der Waals surface area contributed by atoms with Crippen LogP contribution in [0.4, 0.5) is 5.69 Å². The summed E-state index contributed by atoms with van der Waals surface area (Å²) in [5.41, 5.74) is 0.263. The second-order valence-electron chi connectivity index (χ2n) is 6.11. The quantitative estimate of drug-likeness (QED) is 0.615. The predicted molar refractivity (Wildman–Crippen MR) is 107 cm³/mol. The van der Waals surface area contributed by atoms with E-state index in [1.165, 1.54) is 17.9 Å². The molecular formula is C21H20N2O6. The van der Waals surface area contributed by atoms with Crippen molar-refractivity contribution in [3.63, 3.8) is 0 Å². The van der Waals surface area contributed by atoms with Gasteiger partial charge in [-0.1, -0.05) is 6.07 Å². The molecular weight excluding hydrogens is 376 g/mol. The van der Waals surface area contributed by atoms with E-state index in [1.807, 2.05) is 0 Å². The van der Waals surface area contributed by atoms with Gasteiger partial charge in [-0.25, -0.2) is 4.79 Å². The number of pyridine rings is 1. The number of benzene rings is 2. The highest BCUT2D eigenvalue weighted by molar-refractivity contribution is 5.91. The Morgan fingerprint density at radius 2 is 1.76 bits per heavy atom. The summed E-state index contributed by atoms with van der Waals surface area (Å²) in [4.78, 5) is 36.4. The van der Waals surface area contributed by atoms with Gasteiger partial charge in [0.05, 0.1) is 19.6 Å². The largest absolute Gasteiger partial charge is 0.497 e. The van der Waals surface area contributed by atoms with Gasteiger partial charge in [0.2, 0.25) is 5.91 Å².